The van der Waals surface area contributed by atoms with Crippen LogP contribution in [-0.4, -0.2) is 16.1 Å². The van der Waals surface area contributed by atoms with E-state index in [0.717, 1.165) is 36.1 Å². The molecule has 26 heavy (non-hydrogen) atoms. The predicted molar refractivity (Wildman–Crippen MR) is 101 cm³/mol. The third kappa shape index (κ3) is 3.29. The number of nitrogens with zero attached hydrogens (tertiary/aromatic N) is 2. The Hall–Kier alpha value is -2.47. The summed E-state index contributed by atoms with van der Waals surface area (Å²) in [5, 5.41) is 13.1. The maximum absolute atomic E-state index is 13.1. The molecule has 2 heterocycles. The van der Waals surface area contributed by atoms with Gasteiger partial charge in [0.1, 0.15) is 0 Å². The summed E-state index contributed by atoms with van der Waals surface area (Å²) in [6.07, 6.45) is 5.10. The van der Waals surface area contributed by atoms with Crippen LogP contribution >= 0.6 is 11.3 Å². The summed E-state index contributed by atoms with van der Waals surface area (Å²) in [5.74, 6) is 0.986. The average molecular weight is 367 g/mol. The summed E-state index contributed by atoms with van der Waals surface area (Å²) in [7, 11) is 0. The number of hydrogen-bond donors (Lipinski definition) is 1. The fourth-order valence-electron chi connectivity index (χ4n) is 3.71. The molecule has 0 bridgehead atoms. The zero-order valence-electron chi connectivity index (χ0n) is 14.5. The Morgan fingerprint density at radius 1 is 1.08 bits per heavy atom. The van der Waals surface area contributed by atoms with Gasteiger partial charge in [0.2, 0.25) is 11.8 Å². The van der Waals surface area contributed by atoms with Crippen LogP contribution in [0.4, 0.5) is 0 Å². The quantitative estimate of drug-likeness (QED) is 0.729. The molecule has 134 valence electrons. The van der Waals surface area contributed by atoms with Crippen molar-refractivity contribution >= 4 is 17.2 Å². The third-order valence-electron chi connectivity index (χ3n) is 5.07. The van der Waals surface area contributed by atoms with Crippen LogP contribution in [-0.2, 0) is 16.8 Å². The normalized spacial score (nSPS) is 16.3. The van der Waals surface area contributed by atoms with Gasteiger partial charge in [-0.05, 0) is 29.9 Å². The number of carbonyl (C=O) groups excluding carboxylic acids is 1. The van der Waals surface area contributed by atoms with E-state index in [9.17, 15) is 4.79 Å². The number of carbonyl (C=O) groups is 1. The van der Waals surface area contributed by atoms with E-state index in [1.54, 1.807) is 11.3 Å². The summed E-state index contributed by atoms with van der Waals surface area (Å²) in [5.41, 5.74) is 0.651. The van der Waals surface area contributed by atoms with Crippen molar-refractivity contribution in [1.82, 2.24) is 15.5 Å². The molecule has 0 aliphatic heterocycles. The predicted octanol–water partition coefficient (Wildman–Crippen LogP) is 4.32. The average Bonchev–Trinajstić information content (AvgIpc) is 3.39. The van der Waals surface area contributed by atoms with E-state index < -0.39 is 5.41 Å². The van der Waals surface area contributed by atoms with Gasteiger partial charge in [0.05, 0.1) is 16.8 Å². The van der Waals surface area contributed by atoms with E-state index in [1.165, 1.54) is 6.42 Å². The second kappa shape index (κ2) is 7.41. The van der Waals surface area contributed by atoms with Crippen LogP contribution in [0.2, 0.25) is 0 Å². The SMILES string of the molecule is O=C(NCc1nnc(-c2cccs2)o1)C1(c2ccccc2)CCCCC1. The Bertz CT molecular complexity index is 852. The number of benzene rings is 1. The lowest BCUT2D eigenvalue weighted by Crippen LogP contribution is -2.45. The lowest BCUT2D eigenvalue weighted by molar-refractivity contribution is -0.128. The second-order valence-electron chi connectivity index (χ2n) is 6.67. The highest BCUT2D eigenvalue weighted by Crippen LogP contribution is 2.39. The van der Waals surface area contributed by atoms with E-state index in [2.05, 4.69) is 27.6 Å². The van der Waals surface area contributed by atoms with Crippen LogP contribution in [0.25, 0.3) is 10.8 Å². The van der Waals surface area contributed by atoms with Crippen molar-refractivity contribution in [3.05, 3.63) is 59.3 Å². The molecule has 6 heteroatoms. The molecular weight excluding hydrogens is 346 g/mol. The lowest BCUT2D eigenvalue weighted by atomic mass is 9.68. The Morgan fingerprint density at radius 2 is 1.88 bits per heavy atom. The first kappa shape index (κ1) is 17.0. The summed E-state index contributed by atoms with van der Waals surface area (Å²) < 4.78 is 5.68. The molecule has 0 saturated heterocycles. The Labute approximate surface area is 156 Å². The van der Waals surface area contributed by atoms with Gasteiger partial charge >= 0.3 is 0 Å². The van der Waals surface area contributed by atoms with Crippen LogP contribution in [0, 0.1) is 0 Å². The van der Waals surface area contributed by atoms with E-state index in [1.807, 2.05) is 35.7 Å². The van der Waals surface area contributed by atoms with Crippen LogP contribution in [0.3, 0.4) is 0 Å². The topological polar surface area (TPSA) is 68.0 Å². The molecule has 2 aromatic heterocycles. The smallest absolute Gasteiger partial charge is 0.257 e. The molecule has 3 aromatic rings. The minimum absolute atomic E-state index is 0.0549. The molecule has 5 nitrogen and oxygen atoms in total. The minimum Gasteiger partial charge on any atom is -0.418 e. The van der Waals surface area contributed by atoms with Crippen molar-refractivity contribution in [2.75, 3.05) is 0 Å². The molecule has 4 rings (SSSR count). The van der Waals surface area contributed by atoms with Crippen molar-refractivity contribution in [3.63, 3.8) is 0 Å². The van der Waals surface area contributed by atoms with Gasteiger partial charge in [-0.2, -0.15) is 0 Å². The summed E-state index contributed by atoms with van der Waals surface area (Å²) in [4.78, 5) is 14.1. The molecule has 0 unspecified atom stereocenters. The van der Waals surface area contributed by atoms with Gasteiger partial charge in [0.15, 0.2) is 0 Å². The number of nitrogens with one attached hydrogen (secondary N) is 1. The highest BCUT2D eigenvalue weighted by atomic mass is 32.1. The number of hydrogen-bond acceptors (Lipinski definition) is 5. The van der Waals surface area contributed by atoms with E-state index in [4.69, 9.17) is 4.42 Å². The lowest BCUT2D eigenvalue weighted by Gasteiger charge is -2.36. The molecule has 1 amide bonds. The fraction of sp³-hybridized carbons (Fsp3) is 0.350. The zero-order chi connectivity index (χ0) is 17.8. The van der Waals surface area contributed by atoms with Crippen molar-refractivity contribution in [1.29, 1.82) is 0 Å². The van der Waals surface area contributed by atoms with E-state index in [-0.39, 0.29) is 12.5 Å². The Kier molecular flexibility index (Phi) is 4.84. The molecule has 1 aliphatic carbocycles. The first-order valence-electron chi connectivity index (χ1n) is 8.98. The fourth-order valence-corrected chi connectivity index (χ4v) is 4.35. The molecule has 1 aliphatic rings. The van der Waals surface area contributed by atoms with Crippen LogP contribution in [0.15, 0.2) is 52.3 Å². The molecule has 1 fully saturated rings. The minimum atomic E-state index is -0.448. The van der Waals surface area contributed by atoms with Crippen molar-refractivity contribution < 1.29 is 9.21 Å². The Balaban J connectivity index is 1.49. The maximum Gasteiger partial charge on any atom is 0.257 e. The van der Waals surface area contributed by atoms with Gasteiger partial charge < -0.3 is 9.73 Å². The van der Waals surface area contributed by atoms with Crippen molar-refractivity contribution in [2.24, 2.45) is 0 Å². The van der Waals surface area contributed by atoms with Crippen molar-refractivity contribution in [2.45, 2.75) is 44.1 Å². The molecule has 1 N–H and O–H groups in total. The molecule has 1 aromatic carbocycles. The largest absolute Gasteiger partial charge is 0.418 e. The molecule has 0 radical (unpaired) electrons. The highest BCUT2D eigenvalue weighted by molar-refractivity contribution is 7.13. The first-order valence-corrected chi connectivity index (χ1v) is 9.86. The number of aromatic nitrogens is 2. The van der Waals surface area contributed by atoms with Gasteiger partial charge in [0, 0.05) is 0 Å². The van der Waals surface area contributed by atoms with Gasteiger partial charge in [0.25, 0.3) is 5.89 Å². The summed E-state index contributed by atoms with van der Waals surface area (Å²) in [6, 6.07) is 14.0. The van der Waals surface area contributed by atoms with Gasteiger partial charge in [-0.1, -0.05) is 55.7 Å². The standard InChI is InChI=1S/C20H21N3O2S/c24-19(20(11-5-2-6-12-20)15-8-3-1-4-9-15)21-14-17-22-23-18(25-17)16-10-7-13-26-16/h1,3-4,7-10,13H,2,5-6,11-12,14H2,(H,21,24). The zero-order valence-corrected chi connectivity index (χ0v) is 15.3. The maximum atomic E-state index is 13.1. The van der Waals surface area contributed by atoms with Crippen LogP contribution < -0.4 is 5.32 Å². The van der Waals surface area contributed by atoms with Gasteiger partial charge in [-0.25, -0.2) is 0 Å². The van der Waals surface area contributed by atoms with E-state index in [0.29, 0.717) is 11.8 Å². The van der Waals surface area contributed by atoms with Crippen LogP contribution in [0.1, 0.15) is 43.6 Å². The van der Waals surface area contributed by atoms with E-state index >= 15 is 0 Å². The molecule has 1 saturated carbocycles. The Morgan fingerprint density at radius 3 is 2.62 bits per heavy atom. The van der Waals surface area contributed by atoms with Crippen LogP contribution in [0.5, 0.6) is 0 Å². The van der Waals surface area contributed by atoms with Crippen molar-refractivity contribution in [3.8, 4) is 10.8 Å². The third-order valence-corrected chi connectivity index (χ3v) is 5.92. The highest BCUT2D eigenvalue weighted by Gasteiger charge is 2.40. The number of thiophene rings is 1. The molecule has 0 atom stereocenters. The van der Waals surface area contributed by atoms with Gasteiger partial charge in [-0.3, -0.25) is 4.79 Å². The summed E-state index contributed by atoms with van der Waals surface area (Å²) in [6.45, 7) is 0.256. The monoisotopic (exact) mass is 367 g/mol. The first-order chi connectivity index (χ1) is 12.8. The number of rotatable bonds is 5. The second-order valence-corrected chi connectivity index (χ2v) is 7.62. The molecular formula is C20H21N3O2S. The molecule has 0 spiro atoms. The summed E-state index contributed by atoms with van der Waals surface area (Å²) >= 11 is 1.55. The number of amides is 1. The van der Waals surface area contributed by atoms with Gasteiger partial charge in [-0.15, -0.1) is 21.5 Å².